The molecule has 1 amide bonds. The first-order chi connectivity index (χ1) is 19.0. The molecule has 0 spiro atoms. The maximum absolute atomic E-state index is 13.0. The van der Waals surface area contributed by atoms with E-state index in [0.717, 1.165) is 66.3 Å². The van der Waals surface area contributed by atoms with Crippen molar-refractivity contribution >= 4 is 28.4 Å². The quantitative estimate of drug-likeness (QED) is 0.361. The minimum atomic E-state index is 0.0431. The Bertz CT molecular complexity index is 1460. The molecule has 202 valence electrons. The molecule has 0 bridgehead atoms. The van der Waals surface area contributed by atoms with Crippen LogP contribution < -0.4 is 10.1 Å². The van der Waals surface area contributed by atoms with Crippen LogP contribution in [0.3, 0.4) is 0 Å². The number of ether oxygens (including phenoxy) is 1. The van der Waals surface area contributed by atoms with Crippen molar-refractivity contribution in [3.63, 3.8) is 0 Å². The number of H-pyrrole nitrogens is 1. The number of nitrogens with one attached hydrogen (secondary N) is 2. The molecule has 2 fully saturated rings. The van der Waals surface area contributed by atoms with Gasteiger partial charge in [0.25, 0.3) is 5.91 Å². The van der Waals surface area contributed by atoms with Crippen LogP contribution in [-0.4, -0.2) is 75.0 Å². The van der Waals surface area contributed by atoms with Crippen LogP contribution in [0.15, 0.2) is 54.9 Å². The highest BCUT2D eigenvalue weighted by Gasteiger charge is 2.23. The zero-order valence-electron chi connectivity index (χ0n) is 22.6. The summed E-state index contributed by atoms with van der Waals surface area (Å²) in [5, 5.41) is 4.26. The number of amides is 1. The summed E-state index contributed by atoms with van der Waals surface area (Å²) in [5.74, 6) is 1.90. The molecule has 2 N–H and O–H groups in total. The Kier molecular flexibility index (Phi) is 7.15. The number of carbonyl (C=O) groups excluding carboxylic acids is 1. The Morgan fingerprint density at radius 2 is 1.79 bits per heavy atom. The van der Waals surface area contributed by atoms with Gasteiger partial charge in [-0.15, -0.1) is 0 Å². The van der Waals surface area contributed by atoms with Gasteiger partial charge in [-0.05, 0) is 68.6 Å². The maximum Gasteiger partial charge on any atom is 0.270 e. The van der Waals surface area contributed by atoms with E-state index >= 15 is 0 Å². The molecule has 4 aromatic rings. The lowest BCUT2D eigenvalue weighted by Crippen LogP contribution is -2.47. The largest absolute Gasteiger partial charge is 0.490 e. The predicted molar refractivity (Wildman–Crippen MR) is 152 cm³/mol. The van der Waals surface area contributed by atoms with Crippen LogP contribution in [0, 0.1) is 5.92 Å². The van der Waals surface area contributed by atoms with E-state index in [2.05, 4.69) is 39.1 Å². The normalized spacial score (nSPS) is 20.2. The van der Waals surface area contributed by atoms with Crippen LogP contribution in [0.2, 0.25) is 0 Å². The van der Waals surface area contributed by atoms with E-state index in [1.807, 2.05) is 47.4 Å². The SMILES string of the molecule is C[C@H]1CCCC[C@@H]1Oc1ccnc(-c2ccnc(Nc3ccc4[nH]c(C(=O)N5CCN(C)CC5)cc4c3)n2)c1. The monoisotopic (exact) mass is 525 g/mol. The van der Waals surface area contributed by atoms with E-state index in [1.165, 1.54) is 19.3 Å². The highest BCUT2D eigenvalue weighted by atomic mass is 16.5. The Morgan fingerprint density at radius 3 is 2.64 bits per heavy atom. The summed E-state index contributed by atoms with van der Waals surface area (Å²) < 4.78 is 6.33. The zero-order chi connectivity index (χ0) is 26.8. The average Bonchev–Trinajstić information content (AvgIpc) is 3.38. The lowest BCUT2D eigenvalue weighted by molar-refractivity contribution is 0.0659. The van der Waals surface area contributed by atoms with Crippen molar-refractivity contribution in [3.05, 3.63) is 60.6 Å². The number of fused-ring (bicyclic) bond motifs is 1. The predicted octanol–water partition coefficient (Wildman–Crippen LogP) is 5.11. The van der Waals surface area contributed by atoms with Gasteiger partial charge >= 0.3 is 0 Å². The topological polar surface area (TPSA) is 99.3 Å². The number of benzene rings is 1. The van der Waals surface area contributed by atoms with Gasteiger partial charge in [0.2, 0.25) is 5.95 Å². The number of likely N-dealkylation sites (N-methyl/N-ethyl adjacent to an activating group) is 1. The Hall–Kier alpha value is -3.98. The van der Waals surface area contributed by atoms with E-state index in [9.17, 15) is 4.79 Å². The van der Waals surface area contributed by atoms with E-state index < -0.39 is 0 Å². The van der Waals surface area contributed by atoms with Crippen molar-refractivity contribution in [1.82, 2.24) is 29.7 Å². The number of pyridine rings is 1. The van der Waals surface area contributed by atoms with Gasteiger partial charge in [-0.1, -0.05) is 13.3 Å². The van der Waals surface area contributed by atoms with E-state index in [4.69, 9.17) is 9.72 Å². The number of hydrogen-bond acceptors (Lipinski definition) is 7. The fourth-order valence-electron chi connectivity index (χ4n) is 5.45. The lowest BCUT2D eigenvalue weighted by Gasteiger charge is -2.32. The van der Waals surface area contributed by atoms with Gasteiger partial charge in [0.1, 0.15) is 17.5 Å². The molecule has 1 aliphatic carbocycles. The molecule has 4 heterocycles. The van der Waals surface area contributed by atoms with Crippen LogP contribution in [0.5, 0.6) is 5.75 Å². The fourth-order valence-corrected chi connectivity index (χ4v) is 5.45. The van der Waals surface area contributed by atoms with Crippen LogP contribution in [0.4, 0.5) is 11.6 Å². The molecule has 9 nitrogen and oxygen atoms in total. The second kappa shape index (κ2) is 11.0. The first-order valence-electron chi connectivity index (χ1n) is 13.9. The van der Waals surface area contributed by atoms with Crippen LogP contribution in [-0.2, 0) is 0 Å². The van der Waals surface area contributed by atoms with Gasteiger partial charge in [-0.2, -0.15) is 0 Å². The third kappa shape index (κ3) is 5.73. The standard InChI is InChI=1S/C30H35N7O2/c1-20-5-3-4-6-28(20)39-23-9-11-31-26(19-23)25-10-12-32-30(35-25)33-22-7-8-24-21(17-22)18-27(34-24)29(38)37-15-13-36(2)14-16-37/h7-12,17-20,28,34H,3-6,13-16H2,1-2H3,(H,32,33,35)/t20-,28-/m0/s1. The van der Waals surface area contributed by atoms with Gasteiger partial charge in [-0.25, -0.2) is 9.97 Å². The summed E-state index contributed by atoms with van der Waals surface area (Å²) in [7, 11) is 2.08. The van der Waals surface area contributed by atoms with Gasteiger partial charge < -0.3 is 24.8 Å². The second-order valence-electron chi connectivity index (χ2n) is 10.8. The summed E-state index contributed by atoms with van der Waals surface area (Å²) in [5.41, 5.74) is 3.84. The number of rotatable bonds is 6. The van der Waals surface area contributed by atoms with Crippen molar-refractivity contribution in [2.45, 2.75) is 38.7 Å². The van der Waals surface area contributed by atoms with Gasteiger partial charge in [0, 0.05) is 61.2 Å². The van der Waals surface area contributed by atoms with Gasteiger partial charge in [0.15, 0.2) is 0 Å². The molecule has 6 rings (SSSR count). The first-order valence-corrected chi connectivity index (χ1v) is 13.9. The number of piperazine rings is 1. The first kappa shape index (κ1) is 25.3. The van der Waals surface area contributed by atoms with Gasteiger partial charge in [-0.3, -0.25) is 9.78 Å². The van der Waals surface area contributed by atoms with Crippen molar-refractivity contribution < 1.29 is 9.53 Å². The summed E-state index contributed by atoms with van der Waals surface area (Å²) in [6.07, 6.45) is 8.56. The molecule has 0 radical (unpaired) electrons. The molecule has 2 atom stereocenters. The number of nitrogens with zero attached hydrogens (tertiary/aromatic N) is 5. The molecule has 2 aliphatic rings. The number of aromatic nitrogens is 4. The van der Waals surface area contributed by atoms with E-state index in [-0.39, 0.29) is 12.0 Å². The molecule has 0 unspecified atom stereocenters. The molecule has 1 aliphatic heterocycles. The lowest BCUT2D eigenvalue weighted by atomic mass is 9.88. The molecular weight excluding hydrogens is 490 g/mol. The van der Waals surface area contributed by atoms with Crippen LogP contribution in [0.25, 0.3) is 22.3 Å². The van der Waals surface area contributed by atoms with Crippen molar-refractivity contribution in [2.24, 2.45) is 5.92 Å². The Morgan fingerprint density at radius 1 is 0.974 bits per heavy atom. The molecule has 1 saturated heterocycles. The average molecular weight is 526 g/mol. The Labute approximate surface area is 228 Å². The van der Waals surface area contributed by atoms with Crippen LogP contribution in [0.1, 0.15) is 43.1 Å². The van der Waals surface area contributed by atoms with Gasteiger partial charge in [0.05, 0.1) is 11.4 Å². The van der Waals surface area contributed by atoms with Crippen molar-refractivity contribution in [1.29, 1.82) is 0 Å². The second-order valence-corrected chi connectivity index (χ2v) is 10.8. The molecule has 3 aromatic heterocycles. The van der Waals surface area contributed by atoms with Crippen LogP contribution >= 0.6 is 0 Å². The summed E-state index contributed by atoms with van der Waals surface area (Å²) in [4.78, 5) is 34.1. The summed E-state index contributed by atoms with van der Waals surface area (Å²) >= 11 is 0. The Balaban J connectivity index is 1.16. The molecule has 1 aromatic carbocycles. The third-order valence-corrected chi connectivity index (χ3v) is 7.87. The zero-order valence-corrected chi connectivity index (χ0v) is 22.6. The fraction of sp³-hybridized carbons (Fsp3) is 0.400. The number of carbonyl (C=O) groups is 1. The maximum atomic E-state index is 13.0. The van der Waals surface area contributed by atoms with E-state index in [0.29, 0.717) is 17.6 Å². The smallest absolute Gasteiger partial charge is 0.270 e. The highest BCUT2D eigenvalue weighted by molar-refractivity contribution is 5.98. The summed E-state index contributed by atoms with van der Waals surface area (Å²) in [6, 6.07) is 13.6. The minimum absolute atomic E-state index is 0.0431. The minimum Gasteiger partial charge on any atom is -0.490 e. The number of anilines is 2. The van der Waals surface area contributed by atoms with E-state index in [1.54, 1.807) is 12.4 Å². The molecule has 9 heteroatoms. The third-order valence-electron chi connectivity index (χ3n) is 7.87. The number of aromatic amines is 1. The highest BCUT2D eigenvalue weighted by Crippen LogP contribution is 2.30. The molecular formula is C30H35N7O2. The molecule has 39 heavy (non-hydrogen) atoms. The summed E-state index contributed by atoms with van der Waals surface area (Å²) in [6.45, 7) is 5.55. The van der Waals surface area contributed by atoms with Crippen molar-refractivity contribution in [2.75, 3.05) is 38.5 Å². The number of hydrogen-bond donors (Lipinski definition) is 2. The molecule has 1 saturated carbocycles. The van der Waals surface area contributed by atoms with Crippen molar-refractivity contribution in [3.8, 4) is 17.1 Å².